The summed E-state index contributed by atoms with van der Waals surface area (Å²) in [6, 6.07) is 69.0. The average molecular weight is 698 g/mol. The second-order valence-corrected chi connectivity index (χ2v) is 14.4. The highest BCUT2D eigenvalue weighted by molar-refractivity contribution is 5.96. The standard InChI is InChI=1S/C52H31N3/c53-32-33-18-26-43-44-27-25-39(30-48(44)52(47(43)28-33)45-16-8-6-14-41(45)42-15-7-9-17-46(42)52)35-19-22-37(23-20-35)50-31-49(36-11-2-1-3-12-36)54-51(55-50)40-24-21-34-10-4-5-13-38(34)29-40/h1-31H. The Morgan fingerprint density at radius 3 is 1.60 bits per heavy atom. The Morgan fingerprint density at radius 1 is 0.364 bits per heavy atom. The molecule has 1 heterocycles. The van der Waals surface area contributed by atoms with E-state index in [2.05, 4.69) is 170 Å². The second kappa shape index (κ2) is 12.1. The fourth-order valence-electron chi connectivity index (χ4n) is 9.03. The third kappa shape index (κ3) is 4.69. The van der Waals surface area contributed by atoms with Crippen LogP contribution in [0.3, 0.4) is 0 Å². The molecule has 0 fully saturated rings. The number of rotatable bonds is 4. The molecule has 1 aromatic heterocycles. The summed E-state index contributed by atoms with van der Waals surface area (Å²) in [5, 5.41) is 12.4. The van der Waals surface area contributed by atoms with Crippen molar-refractivity contribution >= 4 is 10.8 Å². The number of benzene rings is 8. The maximum absolute atomic E-state index is 10.0. The summed E-state index contributed by atoms with van der Waals surface area (Å²) < 4.78 is 0. The average Bonchev–Trinajstić information content (AvgIpc) is 3.73. The topological polar surface area (TPSA) is 49.6 Å². The molecule has 9 aromatic rings. The number of hydrogen-bond acceptors (Lipinski definition) is 3. The van der Waals surface area contributed by atoms with Crippen molar-refractivity contribution in [2.75, 3.05) is 0 Å². The quantitative estimate of drug-likeness (QED) is 0.184. The Labute approximate surface area is 319 Å². The lowest BCUT2D eigenvalue weighted by Crippen LogP contribution is -2.26. The molecule has 0 atom stereocenters. The number of aromatic nitrogens is 2. The first kappa shape index (κ1) is 31.1. The Kier molecular flexibility index (Phi) is 6.83. The van der Waals surface area contributed by atoms with Crippen LogP contribution in [0, 0.1) is 11.3 Å². The normalized spacial score (nSPS) is 12.9. The minimum absolute atomic E-state index is 0.519. The molecule has 3 heteroatoms. The molecule has 1 spiro atoms. The lowest BCUT2D eigenvalue weighted by molar-refractivity contribution is 0.793. The lowest BCUT2D eigenvalue weighted by atomic mass is 9.70. The molecule has 254 valence electrons. The molecule has 0 N–H and O–H groups in total. The van der Waals surface area contributed by atoms with Crippen molar-refractivity contribution in [2.24, 2.45) is 0 Å². The summed E-state index contributed by atoms with van der Waals surface area (Å²) in [4.78, 5) is 10.2. The van der Waals surface area contributed by atoms with Crippen LogP contribution in [-0.4, -0.2) is 9.97 Å². The zero-order chi connectivity index (χ0) is 36.5. The number of hydrogen-bond donors (Lipinski definition) is 0. The van der Waals surface area contributed by atoms with Crippen LogP contribution in [0.15, 0.2) is 188 Å². The van der Waals surface area contributed by atoms with Crippen LogP contribution in [0.4, 0.5) is 0 Å². The van der Waals surface area contributed by atoms with Gasteiger partial charge in [-0.3, -0.25) is 0 Å². The molecule has 3 nitrogen and oxygen atoms in total. The van der Waals surface area contributed by atoms with Crippen molar-refractivity contribution in [3.63, 3.8) is 0 Å². The highest BCUT2D eigenvalue weighted by Gasteiger charge is 2.51. The number of nitriles is 1. The predicted octanol–water partition coefficient (Wildman–Crippen LogP) is 12.5. The zero-order valence-electron chi connectivity index (χ0n) is 29.7. The van der Waals surface area contributed by atoms with Crippen molar-refractivity contribution in [2.45, 2.75) is 5.41 Å². The summed E-state index contributed by atoms with van der Waals surface area (Å²) in [5.74, 6) is 0.700. The van der Waals surface area contributed by atoms with Gasteiger partial charge in [-0.1, -0.05) is 158 Å². The van der Waals surface area contributed by atoms with Crippen LogP contribution >= 0.6 is 0 Å². The van der Waals surface area contributed by atoms with Crippen LogP contribution in [0.5, 0.6) is 0 Å². The summed E-state index contributed by atoms with van der Waals surface area (Å²) >= 11 is 0. The minimum Gasteiger partial charge on any atom is -0.228 e. The van der Waals surface area contributed by atoms with Gasteiger partial charge < -0.3 is 0 Å². The molecule has 0 bridgehead atoms. The van der Waals surface area contributed by atoms with Crippen LogP contribution < -0.4 is 0 Å². The maximum Gasteiger partial charge on any atom is 0.160 e. The molecule has 0 unspecified atom stereocenters. The van der Waals surface area contributed by atoms with Crippen molar-refractivity contribution in [3.05, 3.63) is 216 Å². The van der Waals surface area contributed by atoms with Gasteiger partial charge in [0.05, 0.1) is 28.4 Å². The van der Waals surface area contributed by atoms with E-state index in [0.29, 0.717) is 11.4 Å². The van der Waals surface area contributed by atoms with Gasteiger partial charge in [0, 0.05) is 16.7 Å². The summed E-state index contributed by atoms with van der Waals surface area (Å²) in [7, 11) is 0. The molecule has 0 aliphatic heterocycles. The molecule has 0 radical (unpaired) electrons. The van der Waals surface area contributed by atoms with E-state index >= 15 is 0 Å². The Morgan fingerprint density at radius 2 is 0.891 bits per heavy atom. The van der Waals surface area contributed by atoms with Crippen LogP contribution in [0.1, 0.15) is 27.8 Å². The van der Waals surface area contributed by atoms with Crippen molar-refractivity contribution in [3.8, 4) is 73.4 Å². The lowest BCUT2D eigenvalue weighted by Gasteiger charge is -2.30. The van der Waals surface area contributed by atoms with Gasteiger partial charge in [0.25, 0.3) is 0 Å². The predicted molar refractivity (Wildman–Crippen MR) is 222 cm³/mol. The first-order chi connectivity index (χ1) is 27.2. The van der Waals surface area contributed by atoms with E-state index in [0.717, 1.165) is 44.6 Å². The van der Waals surface area contributed by atoms with Gasteiger partial charge >= 0.3 is 0 Å². The highest BCUT2D eigenvalue weighted by atomic mass is 14.9. The molecule has 2 aliphatic carbocycles. The molecule has 0 amide bonds. The fraction of sp³-hybridized carbons (Fsp3) is 0.0192. The Bertz CT molecular complexity index is 3000. The highest BCUT2D eigenvalue weighted by Crippen LogP contribution is 2.63. The van der Waals surface area contributed by atoms with E-state index in [9.17, 15) is 5.26 Å². The van der Waals surface area contributed by atoms with Crippen LogP contribution in [-0.2, 0) is 5.41 Å². The first-order valence-electron chi connectivity index (χ1n) is 18.6. The zero-order valence-corrected chi connectivity index (χ0v) is 29.7. The Balaban J connectivity index is 1.04. The van der Waals surface area contributed by atoms with Crippen LogP contribution in [0.2, 0.25) is 0 Å². The van der Waals surface area contributed by atoms with E-state index < -0.39 is 5.41 Å². The molecule has 55 heavy (non-hydrogen) atoms. The van der Waals surface area contributed by atoms with Gasteiger partial charge in [0.15, 0.2) is 5.82 Å². The van der Waals surface area contributed by atoms with Gasteiger partial charge in [0.2, 0.25) is 0 Å². The van der Waals surface area contributed by atoms with Crippen molar-refractivity contribution < 1.29 is 0 Å². The van der Waals surface area contributed by atoms with E-state index in [4.69, 9.17) is 9.97 Å². The molecule has 2 aliphatic rings. The van der Waals surface area contributed by atoms with E-state index in [1.165, 1.54) is 49.9 Å². The number of nitrogens with zero attached hydrogens (tertiary/aromatic N) is 3. The summed E-state index contributed by atoms with van der Waals surface area (Å²) in [6.45, 7) is 0. The largest absolute Gasteiger partial charge is 0.228 e. The maximum atomic E-state index is 10.0. The third-order valence-corrected chi connectivity index (χ3v) is 11.5. The minimum atomic E-state index is -0.519. The second-order valence-electron chi connectivity index (χ2n) is 14.4. The van der Waals surface area contributed by atoms with Gasteiger partial charge in [-0.15, -0.1) is 0 Å². The number of fused-ring (bicyclic) bond motifs is 11. The van der Waals surface area contributed by atoms with Gasteiger partial charge in [-0.05, 0) is 96.7 Å². The molecular weight excluding hydrogens is 667 g/mol. The molecule has 0 saturated heterocycles. The van der Waals surface area contributed by atoms with Crippen molar-refractivity contribution in [1.82, 2.24) is 9.97 Å². The Hall–Kier alpha value is -7.41. The van der Waals surface area contributed by atoms with E-state index in [-0.39, 0.29) is 0 Å². The molecule has 0 saturated carbocycles. The van der Waals surface area contributed by atoms with Gasteiger partial charge in [0.1, 0.15) is 0 Å². The van der Waals surface area contributed by atoms with Crippen molar-refractivity contribution in [1.29, 1.82) is 5.26 Å². The fourth-order valence-corrected chi connectivity index (χ4v) is 9.03. The summed E-state index contributed by atoms with van der Waals surface area (Å²) in [6.07, 6.45) is 0. The molecular formula is C52H31N3. The van der Waals surface area contributed by atoms with Crippen LogP contribution in [0.25, 0.3) is 78.1 Å². The third-order valence-electron chi connectivity index (χ3n) is 11.5. The molecule has 11 rings (SSSR count). The van der Waals surface area contributed by atoms with Gasteiger partial charge in [-0.2, -0.15) is 5.26 Å². The van der Waals surface area contributed by atoms with E-state index in [1.807, 2.05) is 24.3 Å². The molecule has 8 aromatic carbocycles. The van der Waals surface area contributed by atoms with E-state index in [1.54, 1.807) is 0 Å². The SMILES string of the molecule is N#Cc1ccc2c(c1)C1(c3ccccc3-c3ccccc31)c1cc(-c3ccc(-c4cc(-c5ccccc5)nc(-c5ccc6ccccc6c5)n4)cc3)ccc1-2. The van der Waals surface area contributed by atoms with Gasteiger partial charge in [-0.25, -0.2) is 9.97 Å². The monoisotopic (exact) mass is 697 g/mol. The summed E-state index contributed by atoms with van der Waals surface area (Å²) in [5.41, 5.74) is 17.1. The first-order valence-corrected chi connectivity index (χ1v) is 18.6. The smallest absolute Gasteiger partial charge is 0.160 e.